The quantitative estimate of drug-likeness (QED) is 0.548. The highest BCUT2D eigenvalue weighted by Gasteiger charge is 2.30. The van der Waals surface area contributed by atoms with Crippen LogP contribution in [0.3, 0.4) is 0 Å². The van der Waals surface area contributed by atoms with Gasteiger partial charge in [0, 0.05) is 19.1 Å². The standard InChI is InChI=1S/C14H25NO4/c1-2-9-19-10-8-13(16)15-12-7-5-3-4-6-11(12)14(17)18/h11-12H,2-10H2,1H3,(H,15,16)(H,17,18). The SMILES string of the molecule is CCCOCCC(=O)NC1CCCCCC1C(=O)O. The first kappa shape index (κ1) is 16.0. The number of hydrogen-bond acceptors (Lipinski definition) is 3. The highest BCUT2D eigenvalue weighted by Crippen LogP contribution is 2.23. The van der Waals surface area contributed by atoms with E-state index in [2.05, 4.69) is 5.32 Å². The second-order valence-electron chi connectivity index (χ2n) is 5.12. The molecule has 2 unspecified atom stereocenters. The molecule has 0 spiro atoms. The average molecular weight is 271 g/mol. The van der Waals surface area contributed by atoms with Crippen molar-refractivity contribution in [3.8, 4) is 0 Å². The Morgan fingerprint density at radius 3 is 2.63 bits per heavy atom. The molecule has 1 aliphatic carbocycles. The van der Waals surface area contributed by atoms with Crippen LogP contribution in [0.25, 0.3) is 0 Å². The van der Waals surface area contributed by atoms with E-state index in [9.17, 15) is 14.7 Å². The first-order valence-corrected chi connectivity index (χ1v) is 7.25. The van der Waals surface area contributed by atoms with Crippen LogP contribution in [-0.2, 0) is 14.3 Å². The normalized spacial score (nSPS) is 23.6. The molecule has 1 amide bonds. The van der Waals surface area contributed by atoms with Crippen molar-refractivity contribution in [1.29, 1.82) is 0 Å². The van der Waals surface area contributed by atoms with Gasteiger partial charge in [0.05, 0.1) is 12.5 Å². The summed E-state index contributed by atoms with van der Waals surface area (Å²) in [6.07, 6.45) is 5.64. The number of rotatable bonds is 7. The molecule has 1 fully saturated rings. The Morgan fingerprint density at radius 1 is 1.21 bits per heavy atom. The smallest absolute Gasteiger partial charge is 0.308 e. The summed E-state index contributed by atoms with van der Waals surface area (Å²) < 4.78 is 5.26. The zero-order chi connectivity index (χ0) is 14.1. The van der Waals surface area contributed by atoms with E-state index >= 15 is 0 Å². The van der Waals surface area contributed by atoms with Crippen molar-refractivity contribution in [3.63, 3.8) is 0 Å². The molecule has 0 saturated heterocycles. The fourth-order valence-electron chi connectivity index (χ4n) is 2.47. The summed E-state index contributed by atoms with van der Waals surface area (Å²) in [5, 5.41) is 12.1. The Hall–Kier alpha value is -1.10. The second-order valence-corrected chi connectivity index (χ2v) is 5.12. The lowest BCUT2D eigenvalue weighted by molar-refractivity contribution is -0.143. The van der Waals surface area contributed by atoms with E-state index in [1.165, 1.54) is 0 Å². The minimum Gasteiger partial charge on any atom is -0.481 e. The Morgan fingerprint density at radius 2 is 1.95 bits per heavy atom. The van der Waals surface area contributed by atoms with Gasteiger partial charge in [0.1, 0.15) is 0 Å². The molecule has 2 N–H and O–H groups in total. The topological polar surface area (TPSA) is 75.6 Å². The van der Waals surface area contributed by atoms with Gasteiger partial charge in [-0.15, -0.1) is 0 Å². The number of carbonyl (C=O) groups is 2. The van der Waals surface area contributed by atoms with Gasteiger partial charge in [-0.3, -0.25) is 9.59 Å². The van der Waals surface area contributed by atoms with Crippen LogP contribution >= 0.6 is 0 Å². The largest absolute Gasteiger partial charge is 0.481 e. The van der Waals surface area contributed by atoms with Gasteiger partial charge >= 0.3 is 5.97 Å². The Labute approximate surface area is 114 Å². The molecule has 1 rings (SSSR count). The Kier molecular flexibility index (Phi) is 7.48. The fourth-order valence-corrected chi connectivity index (χ4v) is 2.47. The van der Waals surface area contributed by atoms with Crippen LogP contribution in [0.5, 0.6) is 0 Å². The van der Waals surface area contributed by atoms with Crippen molar-refractivity contribution >= 4 is 11.9 Å². The molecule has 0 bridgehead atoms. The average Bonchev–Trinajstić information content (AvgIpc) is 2.60. The van der Waals surface area contributed by atoms with Crippen molar-refractivity contribution < 1.29 is 19.4 Å². The summed E-state index contributed by atoms with van der Waals surface area (Å²) in [6.45, 7) is 3.08. The minimum atomic E-state index is -0.797. The number of carbonyl (C=O) groups excluding carboxylic acids is 1. The fraction of sp³-hybridized carbons (Fsp3) is 0.857. The van der Waals surface area contributed by atoms with Gasteiger partial charge in [-0.2, -0.15) is 0 Å². The number of aliphatic carboxylic acids is 1. The molecule has 1 saturated carbocycles. The number of ether oxygens (including phenoxy) is 1. The highest BCUT2D eigenvalue weighted by molar-refractivity contribution is 5.78. The summed E-state index contributed by atoms with van der Waals surface area (Å²) in [5.41, 5.74) is 0. The summed E-state index contributed by atoms with van der Waals surface area (Å²) >= 11 is 0. The predicted molar refractivity (Wildman–Crippen MR) is 71.9 cm³/mol. The van der Waals surface area contributed by atoms with Crippen LogP contribution in [0.4, 0.5) is 0 Å². The molecule has 0 aromatic rings. The van der Waals surface area contributed by atoms with Crippen molar-refractivity contribution in [3.05, 3.63) is 0 Å². The van der Waals surface area contributed by atoms with Crippen molar-refractivity contribution in [2.45, 2.75) is 57.9 Å². The molecular weight excluding hydrogens is 246 g/mol. The molecule has 0 aromatic heterocycles. The van der Waals surface area contributed by atoms with E-state index < -0.39 is 11.9 Å². The van der Waals surface area contributed by atoms with Crippen LogP contribution in [-0.4, -0.2) is 36.2 Å². The van der Waals surface area contributed by atoms with E-state index in [4.69, 9.17) is 4.74 Å². The van der Waals surface area contributed by atoms with Crippen LogP contribution in [0.15, 0.2) is 0 Å². The van der Waals surface area contributed by atoms with Gasteiger partial charge in [-0.05, 0) is 19.3 Å². The minimum absolute atomic E-state index is 0.103. The predicted octanol–water partition coefficient (Wildman–Crippen LogP) is 1.95. The first-order valence-electron chi connectivity index (χ1n) is 7.25. The van der Waals surface area contributed by atoms with Crippen molar-refractivity contribution in [1.82, 2.24) is 5.32 Å². The van der Waals surface area contributed by atoms with E-state index in [0.29, 0.717) is 26.1 Å². The van der Waals surface area contributed by atoms with E-state index in [1.54, 1.807) is 0 Å². The van der Waals surface area contributed by atoms with E-state index in [-0.39, 0.29) is 11.9 Å². The van der Waals surface area contributed by atoms with Gasteiger partial charge in [-0.1, -0.05) is 26.2 Å². The molecule has 0 heterocycles. The summed E-state index contributed by atoms with van der Waals surface area (Å²) in [5.74, 6) is -1.34. The second kappa shape index (κ2) is 8.91. The molecule has 110 valence electrons. The number of hydrogen-bond donors (Lipinski definition) is 2. The summed E-state index contributed by atoms with van der Waals surface area (Å²) in [7, 11) is 0. The lowest BCUT2D eigenvalue weighted by Gasteiger charge is -2.22. The van der Waals surface area contributed by atoms with Crippen LogP contribution in [0.1, 0.15) is 51.9 Å². The molecule has 5 heteroatoms. The van der Waals surface area contributed by atoms with Crippen molar-refractivity contribution in [2.75, 3.05) is 13.2 Å². The maximum atomic E-state index is 11.8. The number of carboxylic acids is 1. The maximum absolute atomic E-state index is 11.8. The third-order valence-electron chi connectivity index (χ3n) is 3.50. The lowest BCUT2D eigenvalue weighted by atomic mass is 9.95. The highest BCUT2D eigenvalue weighted by atomic mass is 16.5. The molecule has 2 atom stereocenters. The first-order chi connectivity index (χ1) is 9.15. The summed E-state index contributed by atoms with van der Waals surface area (Å²) in [6, 6.07) is -0.223. The van der Waals surface area contributed by atoms with Gasteiger partial charge in [0.15, 0.2) is 0 Å². The Balaban J connectivity index is 2.38. The van der Waals surface area contributed by atoms with E-state index in [0.717, 1.165) is 32.1 Å². The zero-order valence-electron chi connectivity index (χ0n) is 11.7. The van der Waals surface area contributed by atoms with Crippen LogP contribution in [0, 0.1) is 5.92 Å². The van der Waals surface area contributed by atoms with Crippen LogP contribution in [0.2, 0.25) is 0 Å². The molecule has 0 aromatic carbocycles. The molecule has 19 heavy (non-hydrogen) atoms. The third-order valence-corrected chi connectivity index (χ3v) is 3.50. The number of nitrogens with one attached hydrogen (secondary N) is 1. The van der Waals surface area contributed by atoms with Gasteiger partial charge < -0.3 is 15.2 Å². The van der Waals surface area contributed by atoms with Gasteiger partial charge in [0.25, 0.3) is 0 Å². The monoisotopic (exact) mass is 271 g/mol. The molecule has 1 aliphatic rings. The molecular formula is C14H25NO4. The number of amides is 1. The molecule has 5 nitrogen and oxygen atoms in total. The van der Waals surface area contributed by atoms with E-state index in [1.807, 2.05) is 6.92 Å². The maximum Gasteiger partial charge on any atom is 0.308 e. The zero-order valence-corrected chi connectivity index (χ0v) is 11.7. The third kappa shape index (κ3) is 6.05. The lowest BCUT2D eigenvalue weighted by Crippen LogP contribution is -2.43. The molecule has 0 aliphatic heterocycles. The Bertz CT molecular complexity index is 293. The summed E-state index contributed by atoms with van der Waals surface area (Å²) in [4.78, 5) is 23.0. The van der Waals surface area contributed by atoms with Crippen LogP contribution < -0.4 is 5.32 Å². The van der Waals surface area contributed by atoms with Crippen molar-refractivity contribution in [2.24, 2.45) is 5.92 Å². The van der Waals surface area contributed by atoms with Gasteiger partial charge in [0.2, 0.25) is 5.91 Å². The van der Waals surface area contributed by atoms with Gasteiger partial charge in [-0.25, -0.2) is 0 Å². The molecule has 0 radical (unpaired) electrons. The number of carboxylic acid groups (broad SMARTS) is 1.